The highest BCUT2D eigenvalue weighted by Crippen LogP contribution is 2.01. The smallest absolute Gasteiger partial charge is 0.320 e. The Morgan fingerprint density at radius 3 is 1.82 bits per heavy atom. The molecule has 0 saturated heterocycles. The van der Waals surface area contributed by atoms with E-state index < -0.39 is 12.0 Å². The molecule has 0 heterocycles. The predicted octanol–water partition coefficient (Wildman–Crippen LogP) is -1.09. The molecule has 0 fully saturated rings. The molecule has 7 heteroatoms. The van der Waals surface area contributed by atoms with Gasteiger partial charge in [0.1, 0.15) is 6.04 Å². The summed E-state index contributed by atoms with van der Waals surface area (Å²) in [4.78, 5) is 12.2. The minimum atomic E-state index is -0.959. The highest BCUT2D eigenvalue weighted by molar-refractivity contribution is 5.73. The molecule has 1 aromatic rings. The highest BCUT2D eigenvalue weighted by Gasteiger charge is 2.10. The van der Waals surface area contributed by atoms with Crippen LogP contribution in [0.15, 0.2) is 30.3 Å². The molecule has 0 aromatic heterocycles. The lowest BCUT2D eigenvalue weighted by Crippen LogP contribution is -2.32. The van der Waals surface area contributed by atoms with Crippen LogP contribution in [-0.2, 0) is 11.2 Å². The van der Waals surface area contributed by atoms with E-state index in [1.165, 1.54) is 0 Å². The van der Waals surface area contributed by atoms with Gasteiger partial charge in [0.2, 0.25) is 0 Å². The summed E-state index contributed by atoms with van der Waals surface area (Å²) >= 11 is 0. The van der Waals surface area contributed by atoms with Gasteiger partial charge < -0.3 is 26.2 Å². The summed E-state index contributed by atoms with van der Waals surface area (Å²) in [6, 6.07) is 8.54. The molecule has 0 aliphatic carbocycles. The second-order valence-electron chi connectivity index (χ2n) is 4.65. The lowest BCUT2D eigenvalue weighted by Gasteiger charge is -2.17. The highest BCUT2D eigenvalue weighted by atomic mass is 16.4. The molecule has 0 bridgehead atoms. The van der Waals surface area contributed by atoms with Gasteiger partial charge in [0.15, 0.2) is 0 Å². The molecule has 0 amide bonds. The Balaban J connectivity index is 0.000000409. The maximum absolute atomic E-state index is 10.4. The first kappa shape index (κ1) is 20.5. The normalized spacial score (nSPS) is 11.7. The predicted molar refractivity (Wildman–Crippen MR) is 83.5 cm³/mol. The zero-order chi connectivity index (χ0) is 16.8. The van der Waals surface area contributed by atoms with Gasteiger partial charge in [-0.2, -0.15) is 0 Å². The van der Waals surface area contributed by atoms with Crippen LogP contribution in [0.25, 0.3) is 0 Å². The number of rotatable bonds is 9. The molecule has 6 N–H and O–H groups in total. The van der Waals surface area contributed by atoms with E-state index in [4.69, 9.17) is 26.2 Å². The fourth-order valence-electron chi connectivity index (χ4n) is 1.72. The number of nitrogens with two attached hydrogens (primary N) is 1. The SMILES string of the molecule is N[C@@H](Cc1ccccc1)C(=O)O.OCCN(CCO)CCO. The molecule has 126 valence electrons. The van der Waals surface area contributed by atoms with Gasteiger partial charge in [0.05, 0.1) is 19.8 Å². The Morgan fingerprint density at radius 2 is 1.45 bits per heavy atom. The Labute approximate surface area is 130 Å². The van der Waals surface area contributed by atoms with Crippen molar-refractivity contribution in [1.82, 2.24) is 4.90 Å². The number of carbonyl (C=O) groups is 1. The third-order valence-corrected chi connectivity index (χ3v) is 2.86. The lowest BCUT2D eigenvalue weighted by molar-refractivity contribution is -0.138. The molecule has 0 aliphatic heterocycles. The summed E-state index contributed by atoms with van der Waals surface area (Å²) in [7, 11) is 0. The zero-order valence-electron chi connectivity index (χ0n) is 12.6. The Kier molecular flexibility index (Phi) is 12.3. The quantitative estimate of drug-likeness (QED) is 0.392. The average Bonchev–Trinajstić information content (AvgIpc) is 2.49. The maximum atomic E-state index is 10.4. The van der Waals surface area contributed by atoms with E-state index in [0.29, 0.717) is 26.1 Å². The van der Waals surface area contributed by atoms with Crippen LogP contribution in [0.5, 0.6) is 0 Å². The van der Waals surface area contributed by atoms with Gasteiger partial charge in [0.25, 0.3) is 0 Å². The van der Waals surface area contributed by atoms with Crippen LogP contribution in [-0.4, -0.2) is 76.8 Å². The van der Waals surface area contributed by atoms with E-state index in [2.05, 4.69) is 0 Å². The van der Waals surface area contributed by atoms with E-state index in [0.717, 1.165) is 5.56 Å². The van der Waals surface area contributed by atoms with Crippen molar-refractivity contribution in [2.24, 2.45) is 5.73 Å². The van der Waals surface area contributed by atoms with Crippen molar-refractivity contribution in [3.8, 4) is 0 Å². The van der Waals surface area contributed by atoms with Crippen LogP contribution in [0.4, 0.5) is 0 Å². The maximum Gasteiger partial charge on any atom is 0.320 e. The largest absolute Gasteiger partial charge is 0.480 e. The van der Waals surface area contributed by atoms with Crippen LogP contribution in [0.1, 0.15) is 5.56 Å². The standard InChI is InChI=1S/C9H11NO2.C6H15NO3/c10-8(9(11)12)6-7-4-2-1-3-5-7;8-4-1-7(2-5-9)3-6-10/h1-5,8H,6,10H2,(H,11,12);8-10H,1-6H2/t8-;/m0./s1. The molecule has 0 unspecified atom stereocenters. The first-order chi connectivity index (χ1) is 10.5. The molecule has 7 nitrogen and oxygen atoms in total. The van der Waals surface area contributed by atoms with Gasteiger partial charge in [-0.1, -0.05) is 30.3 Å². The summed E-state index contributed by atoms with van der Waals surface area (Å²) < 4.78 is 0. The van der Waals surface area contributed by atoms with Crippen molar-refractivity contribution < 1.29 is 25.2 Å². The summed E-state index contributed by atoms with van der Waals surface area (Å²) in [6.07, 6.45) is 0.385. The molecule has 1 aromatic carbocycles. The average molecular weight is 314 g/mol. The number of aliphatic hydroxyl groups is 3. The second-order valence-corrected chi connectivity index (χ2v) is 4.65. The summed E-state index contributed by atoms with van der Waals surface area (Å²) in [5, 5.41) is 34.0. The summed E-state index contributed by atoms with van der Waals surface area (Å²) in [5.74, 6) is -0.959. The second kappa shape index (κ2) is 13.2. The van der Waals surface area contributed by atoms with Crippen molar-refractivity contribution >= 4 is 5.97 Å². The van der Waals surface area contributed by atoms with E-state index in [1.807, 2.05) is 30.3 Å². The summed E-state index contributed by atoms with van der Waals surface area (Å²) in [6.45, 7) is 1.75. The van der Waals surface area contributed by atoms with Gasteiger partial charge in [-0.05, 0) is 12.0 Å². The number of aliphatic hydroxyl groups excluding tert-OH is 3. The minimum Gasteiger partial charge on any atom is -0.480 e. The molecule has 0 radical (unpaired) electrons. The number of aliphatic carboxylic acids is 1. The van der Waals surface area contributed by atoms with E-state index in [-0.39, 0.29) is 19.8 Å². The summed E-state index contributed by atoms with van der Waals surface area (Å²) in [5.41, 5.74) is 6.30. The van der Waals surface area contributed by atoms with Crippen molar-refractivity contribution in [1.29, 1.82) is 0 Å². The van der Waals surface area contributed by atoms with Crippen molar-refractivity contribution in [3.05, 3.63) is 35.9 Å². The number of nitrogens with zero attached hydrogens (tertiary/aromatic N) is 1. The van der Waals surface area contributed by atoms with Crippen LogP contribution in [0.3, 0.4) is 0 Å². The molecule has 1 rings (SSSR count). The molecule has 22 heavy (non-hydrogen) atoms. The number of carboxylic acid groups (broad SMARTS) is 1. The third-order valence-electron chi connectivity index (χ3n) is 2.86. The molecule has 0 saturated carbocycles. The fraction of sp³-hybridized carbons (Fsp3) is 0.533. The van der Waals surface area contributed by atoms with Crippen LogP contribution in [0.2, 0.25) is 0 Å². The van der Waals surface area contributed by atoms with Crippen molar-refractivity contribution in [2.45, 2.75) is 12.5 Å². The molecule has 0 aliphatic rings. The topological polar surface area (TPSA) is 127 Å². The first-order valence-corrected chi connectivity index (χ1v) is 7.12. The van der Waals surface area contributed by atoms with Gasteiger partial charge in [-0.15, -0.1) is 0 Å². The van der Waals surface area contributed by atoms with Crippen LogP contribution < -0.4 is 5.73 Å². The van der Waals surface area contributed by atoms with Gasteiger partial charge in [0, 0.05) is 19.6 Å². The zero-order valence-corrected chi connectivity index (χ0v) is 12.6. The third kappa shape index (κ3) is 10.3. The van der Waals surface area contributed by atoms with E-state index in [1.54, 1.807) is 4.90 Å². The number of hydrogen-bond donors (Lipinski definition) is 5. The Bertz CT molecular complexity index is 375. The van der Waals surface area contributed by atoms with E-state index >= 15 is 0 Å². The molecule has 1 atom stereocenters. The van der Waals surface area contributed by atoms with E-state index in [9.17, 15) is 4.79 Å². The Hall–Kier alpha value is -1.51. The van der Waals surface area contributed by atoms with Gasteiger partial charge >= 0.3 is 5.97 Å². The Morgan fingerprint density at radius 1 is 1.00 bits per heavy atom. The van der Waals surface area contributed by atoms with Crippen molar-refractivity contribution in [3.63, 3.8) is 0 Å². The molecular formula is C15H26N2O5. The molecule has 0 spiro atoms. The molecular weight excluding hydrogens is 288 g/mol. The number of hydrogen-bond acceptors (Lipinski definition) is 6. The number of benzene rings is 1. The minimum absolute atomic E-state index is 0.0694. The monoisotopic (exact) mass is 314 g/mol. The lowest BCUT2D eigenvalue weighted by atomic mass is 10.1. The number of carboxylic acids is 1. The van der Waals surface area contributed by atoms with Gasteiger partial charge in [-0.25, -0.2) is 0 Å². The first-order valence-electron chi connectivity index (χ1n) is 7.12. The van der Waals surface area contributed by atoms with Crippen LogP contribution >= 0.6 is 0 Å². The van der Waals surface area contributed by atoms with Crippen LogP contribution in [0, 0.1) is 0 Å². The fourth-order valence-corrected chi connectivity index (χ4v) is 1.72. The van der Waals surface area contributed by atoms with Gasteiger partial charge in [-0.3, -0.25) is 9.69 Å². The van der Waals surface area contributed by atoms with Crippen molar-refractivity contribution in [2.75, 3.05) is 39.5 Å².